The van der Waals surface area contributed by atoms with Crippen LogP contribution < -0.4 is 11.1 Å². The maximum absolute atomic E-state index is 12.3. The Hall–Kier alpha value is -1.93. The van der Waals surface area contributed by atoms with Crippen molar-refractivity contribution in [2.24, 2.45) is 5.73 Å². The Kier molecular flexibility index (Phi) is 4.04. The molecule has 0 aromatic carbocycles. The number of nitrogens with zero attached hydrogens (tertiary/aromatic N) is 1. The highest BCUT2D eigenvalue weighted by molar-refractivity contribution is 5.97. The Bertz CT molecular complexity index is 446. The molecular formula is C9H8F5N3O. The summed E-state index contributed by atoms with van der Waals surface area (Å²) in [6.45, 7) is -0.936. The highest BCUT2D eigenvalue weighted by Crippen LogP contribution is 2.29. The van der Waals surface area contributed by atoms with E-state index in [4.69, 9.17) is 5.73 Å². The number of rotatable bonds is 4. The lowest BCUT2D eigenvalue weighted by molar-refractivity contribution is -0.141. The SMILES string of the molecule is NC(=O)c1ccc(C(F)(F)F)nc1NCC(F)F. The zero-order valence-electron chi connectivity index (χ0n) is 8.76. The summed E-state index contributed by atoms with van der Waals surface area (Å²) in [4.78, 5) is 14.0. The molecule has 0 aliphatic heterocycles. The summed E-state index contributed by atoms with van der Waals surface area (Å²) in [5, 5.41) is 1.94. The fourth-order valence-corrected chi connectivity index (χ4v) is 1.12. The van der Waals surface area contributed by atoms with Crippen molar-refractivity contribution in [1.29, 1.82) is 0 Å². The summed E-state index contributed by atoms with van der Waals surface area (Å²) in [5.41, 5.74) is 3.21. The Morgan fingerprint density at radius 2 is 2.00 bits per heavy atom. The number of hydrogen-bond acceptors (Lipinski definition) is 3. The van der Waals surface area contributed by atoms with Crippen molar-refractivity contribution in [3.8, 4) is 0 Å². The zero-order valence-corrected chi connectivity index (χ0v) is 8.76. The number of nitrogens with one attached hydrogen (secondary N) is 1. The van der Waals surface area contributed by atoms with Gasteiger partial charge in [-0.05, 0) is 12.1 Å². The average molecular weight is 269 g/mol. The van der Waals surface area contributed by atoms with Gasteiger partial charge in [0.25, 0.3) is 12.3 Å². The molecule has 0 saturated heterocycles. The summed E-state index contributed by atoms with van der Waals surface area (Å²) in [7, 11) is 0. The largest absolute Gasteiger partial charge is 0.433 e. The molecule has 1 amide bonds. The van der Waals surface area contributed by atoms with Crippen molar-refractivity contribution in [3.05, 3.63) is 23.4 Å². The molecule has 100 valence electrons. The molecule has 0 fully saturated rings. The van der Waals surface area contributed by atoms with Gasteiger partial charge >= 0.3 is 6.18 Å². The quantitative estimate of drug-likeness (QED) is 0.820. The molecule has 0 bridgehead atoms. The molecule has 0 aliphatic carbocycles. The molecule has 0 spiro atoms. The van der Waals surface area contributed by atoms with Gasteiger partial charge in [0.05, 0.1) is 12.1 Å². The minimum absolute atomic E-state index is 0.386. The average Bonchev–Trinajstić information content (AvgIpc) is 2.24. The molecular weight excluding hydrogens is 261 g/mol. The molecule has 1 heterocycles. The van der Waals surface area contributed by atoms with Crippen molar-refractivity contribution in [2.45, 2.75) is 12.6 Å². The second-order valence-electron chi connectivity index (χ2n) is 3.23. The minimum Gasteiger partial charge on any atom is -0.365 e. The number of carbonyl (C=O) groups is 1. The highest BCUT2D eigenvalue weighted by Gasteiger charge is 2.33. The van der Waals surface area contributed by atoms with Gasteiger partial charge in [0.2, 0.25) is 0 Å². The van der Waals surface area contributed by atoms with E-state index >= 15 is 0 Å². The number of hydrogen-bond donors (Lipinski definition) is 2. The standard InChI is InChI=1S/C9H8F5N3O/c10-6(11)3-16-8-4(7(15)18)1-2-5(17-8)9(12,13)14/h1-2,6H,3H2,(H2,15,18)(H,16,17). The van der Waals surface area contributed by atoms with Gasteiger partial charge in [-0.25, -0.2) is 13.8 Å². The third-order valence-corrected chi connectivity index (χ3v) is 1.87. The van der Waals surface area contributed by atoms with Crippen molar-refractivity contribution in [2.75, 3.05) is 11.9 Å². The van der Waals surface area contributed by atoms with Gasteiger partial charge in [-0.15, -0.1) is 0 Å². The van der Waals surface area contributed by atoms with Crippen LogP contribution in [0.4, 0.5) is 27.8 Å². The second-order valence-corrected chi connectivity index (χ2v) is 3.23. The first-order valence-electron chi connectivity index (χ1n) is 4.62. The van der Waals surface area contributed by atoms with Gasteiger partial charge in [-0.3, -0.25) is 4.79 Å². The van der Waals surface area contributed by atoms with Gasteiger partial charge in [0.1, 0.15) is 11.5 Å². The van der Waals surface area contributed by atoms with E-state index in [2.05, 4.69) is 4.98 Å². The van der Waals surface area contributed by atoms with Crippen molar-refractivity contribution >= 4 is 11.7 Å². The van der Waals surface area contributed by atoms with Crippen molar-refractivity contribution in [1.82, 2.24) is 4.98 Å². The van der Waals surface area contributed by atoms with Crippen molar-refractivity contribution < 1.29 is 26.7 Å². The lowest BCUT2D eigenvalue weighted by atomic mass is 10.2. The van der Waals surface area contributed by atoms with E-state index in [1.165, 1.54) is 0 Å². The predicted molar refractivity (Wildman–Crippen MR) is 52.3 cm³/mol. The molecule has 1 aromatic heterocycles. The van der Waals surface area contributed by atoms with Gasteiger partial charge in [0.15, 0.2) is 0 Å². The van der Waals surface area contributed by atoms with Crippen LogP contribution in [-0.2, 0) is 6.18 Å². The van der Waals surface area contributed by atoms with Crippen LogP contribution in [0.25, 0.3) is 0 Å². The number of primary amides is 1. The van der Waals surface area contributed by atoms with E-state index in [1.807, 2.05) is 5.32 Å². The molecule has 0 radical (unpaired) electrons. The van der Waals surface area contributed by atoms with Gasteiger partial charge in [-0.2, -0.15) is 13.2 Å². The van der Waals surface area contributed by atoms with E-state index in [0.717, 1.165) is 6.07 Å². The molecule has 1 aromatic rings. The van der Waals surface area contributed by atoms with Crippen LogP contribution in [0.15, 0.2) is 12.1 Å². The maximum Gasteiger partial charge on any atom is 0.433 e. The van der Waals surface area contributed by atoms with Crippen LogP contribution in [-0.4, -0.2) is 23.9 Å². The first-order chi connectivity index (χ1) is 8.21. The maximum atomic E-state index is 12.3. The lowest BCUT2D eigenvalue weighted by Gasteiger charge is -2.12. The summed E-state index contributed by atoms with van der Waals surface area (Å²) in [6, 6.07) is 1.33. The Balaban J connectivity index is 3.12. The molecule has 4 nitrogen and oxygen atoms in total. The lowest BCUT2D eigenvalue weighted by Crippen LogP contribution is -2.20. The van der Waals surface area contributed by atoms with Crippen LogP contribution in [0.1, 0.15) is 16.1 Å². The fraction of sp³-hybridized carbons (Fsp3) is 0.333. The minimum atomic E-state index is -4.74. The molecule has 18 heavy (non-hydrogen) atoms. The van der Waals surface area contributed by atoms with Crippen molar-refractivity contribution in [3.63, 3.8) is 0 Å². The summed E-state index contributed by atoms with van der Waals surface area (Å²) < 4.78 is 61.0. The number of anilines is 1. The van der Waals surface area contributed by atoms with Gasteiger partial charge < -0.3 is 11.1 Å². The molecule has 0 atom stereocenters. The van der Waals surface area contributed by atoms with E-state index in [1.54, 1.807) is 0 Å². The van der Waals surface area contributed by atoms with E-state index in [0.29, 0.717) is 6.07 Å². The Morgan fingerprint density at radius 1 is 1.39 bits per heavy atom. The summed E-state index contributed by atoms with van der Waals surface area (Å²) in [5.74, 6) is -1.68. The molecule has 0 saturated carbocycles. The number of alkyl halides is 5. The molecule has 3 N–H and O–H groups in total. The van der Waals surface area contributed by atoms with Gasteiger partial charge in [0, 0.05) is 0 Å². The monoisotopic (exact) mass is 269 g/mol. The number of nitrogens with two attached hydrogens (primary N) is 1. The molecule has 1 rings (SSSR count). The van der Waals surface area contributed by atoms with E-state index in [-0.39, 0.29) is 5.56 Å². The van der Waals surface area contributed by atoms with E-state index in [9.17, 15) is 26.7 Å². The number of halogens is 5. The zero-order chi connectivity index (χ0) is 13.9. The Morgan fingerprint density at radius 3 is 2.44 bits per heavy atom. The normalized spacial score (nSPS) is 11.7. The number of carbonyl (C=O) groups excluding carboxylic acids is 1. The van der Waals surface area contributed by atoms with Crippen LogP contribution in [0.3, 0.4) is 0 Å². The molecule has 0 unspecified atom stereocenters. The smallest absolute Gasteiger partial charge is 0.365 e. The highest BCUT2D eigenvalue weighted by atomic mass is 19.4. The van der Waals surface area contributed by atoms with Crippen LogP contribution in [0.2, 0.25) is 0 Å². The van der Waals surface area contributed by atoms with Crippen LogP contribution in [0, 0.1) is 0 Å². The second kappa shape index (κ2) is 5.15. The number of amides is 1. The first kappa shape index (κ1) is 14.1. The summed E-state index contributed by atoms with van der Waals surface area (Å²) >= 11 is 0. The number of aromatic nitrogens is 1. The predicted octanol–water partition coefficient (Wildman–Crippen LogP) is 1.88. The summed E-state index contributed by atoms with van der Waals surface area (Å²) in [6.07, 6.45) is -7.54. The number of pyridine rings is 1. The fourth-order valence-electron chi connectivity index (χ4n) is 1.12. The first-order valence-corrected chi connectivity index (χ1v) is 4.62. The third kappa shape index (κ3) is 3.54. The van der Waals surface area contributed by atoms with Crippen LogP contribution >= 0.6 is 0 Å². The molecule has 9 heteroatoms. The topological polar surface area (TPSA) is 68.0 Å². The van der Waals surface area contributed by atoms with E-state index < -0.39 is 36.6 Å². The van der Waals surface area contributed by atoms with Crippen LogP contribution in [0.5, 0.6) is 0 Å². The Labute approximate surface area is 98.0 Å². The van der Waals surface area contributed by atoms with Gasteiger partial charge in [-0.1, -0.05) is 0 Å². The molecule has 0 aliphatic rings. The third-order valence-electron chi connectivity index (χ3n) is 1.87.